The Morgan fingerprint density at radius 3 is 2.90 bits per heavy atom. The van der Waals surface area contributed by atoms with Gasteiger partial charge in [0.05, 0.1) is 10.7 Å². The van der Waals surface area contributed by atoms with Gasteiger partial charge in [-0.15, -0.1) is 11.3 Å². The molecule has 1 aromatic heterocycles. The molecule has 3 rings (SSSR count). The van der Waals surface area contributed by atoms with Gasteiger partial charge < -0.3 is 10.2 Å². The van der Waals surface area contributed by atoms with Crippen LogP contribution in [0.1, 0.15) is 49.7 Å². The van der Waals surface area contributed by atoms with E-state index < -0.39 is 0 Å². The Balaban J connectivity index is 1.47. The smallest absolute Gasteiger partial charge is 0.0897 e. The first-order valence-electron chi connectivity index (χ1n) is 8.11. The average molecular weight is 293 g/mol. The van der Waals surface area contributed by atoms with Crippen LogP contribution in [0.5, 0.6) is 0 Å². The molecule has 2 heterocycles. The largest absolute Gasteiger partial charge is 0.308 e. The van der Waals surface area contributed by atoms with Crippen molar-refractivity contribution < 1.29 is 0 Å². The summed E-state index contributed by atoms with van der Waals surface area (Å²) in [5, 5.41) is 7.04. The van der Waals surface area contributed by atoms with Gasteiger partial charge >= 0.3 is 0 Å². The van der Waals surface area contributed by atoms with Crippen LogP contribution in [0, 0.1) is 12.8 Å². The van der Waals surface area contributed by atoms with Gasteiger partial charge in [-0.05, 0) is 52.0 Å². The minimum Gasteiger partial charge on any atom is -0.308 e. The first-order valence-corrected chi connectivity index (χ1v) is 8.99. The van der Waals surface area contributed by atoms with Gasteiger partial charge in [0.1, 0.15) is 0 Å². The number of thiazole rings is 1. The highest BCUT2D eigenvalue weighted by atomic mass is 32.1. The molecule has 1 aliphatic heterocycles. The molecule has 2 fully saturated rings. The number of hydrogen-bond acceptors (Lipinski definition) is 4. The van der Waals surface area contributed by atoms with Crippen LogP contribution < -0.4 is 5.32 Å². The zero-order chi connectivity index (χ0) is 13.9. The molecule has 1 saturated heterocycles. The summed E-state index contributed by atoms with van der Waals surface area (Å²) in [5.41, 5.74) is 1.20. The molecule has 1 N–H and O–H groups in total. The van der Waals surface area contributed by atoms with E-state index in [2.05, 4.69) is 34.4 Å². The van der Waals surface area contributed by atoms with Gasteiger partial charge in [0.2, 0.25) is 0 Å². The van der Waals surface area contributed by atoms with Crippen LogP contribution in [-0.2, 0) is 6.54 Å². The molecule has 1 aromatic rings. The molecular weight excluding hydrogens is 266 g/mol. The summed E-state index contributed by atoms with van der Waals surface area (Å²) in [5.74, 6) is 0.809. The maximum Gasteiger partial charge on any atom is 0.0897 e. The molecule has 0 unspecified atom stereocenters. The van der Waals surface area contributed by atoms with E-state index in [1.807, 2.05) is 0 Å². The summed E-state index contributed by atoms with van der Waals surface area (Å²) in [6, 6.07) is 1.51. The number of nitrogens with one attached hydrogen (secondary N) is 1. The molecule has 0 radical (unpaired) electrons. The van der Waals surface area contributed by atoms with Crippen LogP contribution in [0.2, 0.25) is 0 Å². The molecule has 2 aliphatic rings. The minimum absolute atomic E-state index is 0.597. The second kappa shape index (κ2) is 6.54. The second-order valence-electron chi connectivity index (χ2n) is 6.51. The first kappa shape index (κ1) is 14.5. The Morgan fingerprint density at radius 2 is 2.25 bits per heavy atom. The predicted octanol–water partition coefficient (Wildman–Crippen LogP) is 3.19. The predicted molar refractivity (Wildman–Crippen MR) is 85.1 cm³/mol. The highest BCUT2D eigenvalue weighted by molar-refractivity contribution is 7.09. The van der Waals surface area contributed by atoms with E-state index in [9.17, 15) is 0 Å². The van der Waals surface area contributed by atoms with E-state index >= 15 is 0 Å². The van der Waals surface area contributed by atoms with Crippen LogP contribution in [0.3, 0.4) is 0 Å². The number of likely N-dealkylation sites (tertiary alicyclic amines) is 1. The molecule has 112 valence electrons. The lowest BCUT2D eigenvalue weighted by atomic mass is 9.85. The summed E-state index contributed by atoms with van der Waals surface area (Å²) in [6.45, 7) is 7.99. The summed E-state index contributed by atoms with van der Waals surface area (Å²) >= 11 is 1.75. The van der Waals surface area contributed by atoms with Gasteiger partial charge in [0.25, 0.3) is 0 Å². The Kier molecular flexibility index (Phi) is 4.74. The Hall–Kier alpha value is -0.450. The highest BCUT2D eigenvalue weighted by Crippen LogP contribution is 2.30. The van der Waals surface area contributed by atoms with Gasteiger partial charge in [0, 0.05) is 30.6 Å². The van der Waals surface area contributed by atoms with Gasteiger partial charge in [-0.2, -0.15) is 0 Å². The minimum atomic E-state index is 0.597. The monoisotopic (exact) mass is 293 g/mol. The summed E-state index contributed by atoms with van der Waals surface area (Å²) in [7, 11) is 0. The van der Waals surface area contributed by atoms with E-state index in [1.54, 1.807) is 11.3 Å². The number of aromatic nitrogens is 1. The van der Waals surface area contributed by atoms with Crippen molar-refractivity contribution in [2.45, 2.75) is 64.6 Å². The van der Waals surface area contributed by atoms with Gasteiger partial charge in [-0.3, -0.25) is 0 Å². The molecule has 2 atom stereocenters. The molecule has 1 aliphatic carbocycles. The summed E-state index contributed by atoms with van der Waals surface area (Å²) in [4.78, 5) is 7.29. The summed E-state index contributed by atoms with van der Waals surface area (Å²) in [6.07, 6.45) is 7.08. The van der Waals surface area contributed by atoms with Crippen LogP contribution in [0.25, 0.3) is 0 Å². The van der Waals surface area contributed by atoms with Crippen molar-refractivity contribution in [3.63, 3.8) is 0 Å². The van der Waals surface area contributed by atoms with E-state index in [1.165, 1.54) is 55.9 Å². The molecule has 0 aromatic carbocycles. The summed E-state index contributed by atoms with van der Waals surface area (Å²) < 4.78 is 0. The number of rotatable bonds is 5. The van der Waals surface area contributed by atoms with Gasteiger partial charge in [0.15, 0.2) is 0 Å². The Morgan fingerprint density at radius 1 is 1.40 bits per heavy atom. The molecule has 1 saturated carbocycles. The first-order chi connectivity index (χ1) is 9.72. The van der Waals surface area contributed by atoms with Crippen molar-refractivity contribution in [1.82, 2.24) is 15.2 Å². The van der Waals surface area contributed by atoms with E-state index in [-0.39, 0.29) is 0 Å². The highest BCUT2D eigenvalue weighted by Gasteiger charge is 2.31. The normalized spacial score (nSPS) is 26.4. The maximum atomic E-state index is 4.54. The SMILES string of the molecule is Cc1nc(CN[C@@H](C)[C@@H]2CCCN(C3CCC3)C2)cs1. The number of hydrogen-bond donors (Lipinski definition) is 1. The topological polar surface area (TPSA) is 28.2 Å². The van der Waals surface area contributed by atoms with Crippen LogP contribution >= 0.6 is 11.3 Å². The number of nitrogens with zero attached hydrogens (tertiary/aromatic N) is 2. The number of piperidine rings is 1. The zero-order valence-corrected chi connectivity index (χ0v) is 13.6. The maximum absolute atomic E-state index is 4.54. The molecule has 3 nitrogen and oxygen atoms in total. The van der Waals surface area contributed by atoms with Gasteiger partial charge in [-0.1, -0.05) is 6.42 Å². The lowest BCUT2D eigenvalue weighted by Gasteiger charge is -2.44. The fraction of sp³-hybridized carbons (Fsp3) is 0.812. The van der Waals surface area contributed by atoms with Crippen molar-refractivity contribution in [3.05, 3.63) is 16.1 Å². The fourth-order valence-electron chi connectivity index (χ4n) is 3.45. The Bertz CT molecular complexity index is 427. The molecular formula is C16H27N3S. The molecule has 0 spiro atoms. The van der Waals surface area contributed by atoms with Crippen molar-refractivity contribution in [3.8, 4) is 0 Å². The van der Waals surface area contributed by atoms with Crippen LogP contribution in [-0.4, -0.2) is 35.1 Å². The fourth-order valence-corrected chi connectivity index (χ4v) is 4.07. The van der Waals surface area contributed by atoms with Crippen molar-refractivity contribution in [2.24, 2.45) is 5.92 Å². The van der Waals surface area contributed by atoms with Gasteiger partial charge in [-0.25, -0.2) is 4.98 Å². The lowest BCUT2D eigenvalue weighted by Crippen LogP contribution is -2.49. The molecule has 20 heavy (non-hydrogen) atoms. The average Bonchev–Trinajstić information content (AvgIpc) is 2.80. The quantitative estimate of drug-likeness (QED) is 0.903. The zero-order valence-electron chi connectivity index (χ0n) is 12.8. The van der Waals surface area contributed by atoms with E-state index in [0.29, 0.717) is 6.04 Å². The molecule has 4 heteroatoms. The second-order valence-corrected chi connectivity index (χ2v) is 7.57. The molecule has 0 bridgehead atoms. The standard InChI is InChI=1S/C16H27N3S/c1-12(17-9-15-11-20-13(2)18-15)14-5-4-8-19(10-14)16-6-3-7-16/h11-12,14,16-17H,3-10H2,1-2H3/t12-,14+/m0/s1. The third-order valence-electron chi connectivity index (χ3n) is 5.06. The third-order valence-corrected chi connectivity index (χ3v) is 5.88. The van der Waals surface area contributed by atoms with Crippen molar-refractivity contribution >= 4 is 11.3 Å². The lowest BCUT2D eigenvalue weighted by molar-refractivity contribution is 0.0665. The van der Waals surface area contributed by atoms with Crippen LogP contribution in [0.4, 0.5) is 0 Å². The van der Waals surface area contributed by atoms with E-state index in [0.717, 1.165) is 18.5 Å². The van der Waals surface area contributed by atoms with Crippen molar-refractivity contribution in [2.75, 3.05) is 13.1 Å². The van der Waals surface area contributed by atoms with Crippen LogP contribution in [0.15, 0.2) is 5.38 Å². The van der Waals surface area contributed by atoms with Crippen molar-refractivity contribution in [1.29, 1.82) is 0 Å². The Labute approximate surface area is 126 Å². The van der Waals surface area contributed by atoms with E-state index in [4.69, 9.17) is 0 Å². The number of aryl methyl sites for hydroxylation is 1. The third kappa shape index (κ3) is 3.41. The molecule has 0 amide bonds.